The quantitative estimate of drug-likeness (QED) is 0.846. The van der Waals surface area contributed by atoms with E-state index in [9.17, 15) is 4.79 Å². The number of hydrogen-bond donors (Lipinski definition) is 1. The molecule has 0 fully saturated rings. The molecule has 1 heterocycles. The Morgan fingerprint density at radius 3 is 2.90 bits per heavy atom. The Morgan fingerprint density at radius 2 is 2.25 bits per heavy atom. The first-order valence-corrected chi connectivity index (χ1v) is 6.18. The van der Waals surface area contributed by atoms with Crippen molar-refractivity contribution < 1.29 is 18.7 Å². The van der Waals surface area contributed by atoms with E-state index in [1.165, 1.54) is 6.26 Å². The number of anilines is 2. The molecule has 2 aromatic rings. The van der Waals surface area contributed by atoms with E-state index in [-0.39, 0.29) is 11.7 Å². The van der Waals surface area contributed by atoms with Crippen LogP contribution in [0.15, 0.2) is 28.9 Å². The molecule has 6 nitrogen and oxygen atoms in total. The van der Waals surface area contributed by atoms with Crippen LogP contribution < -0.4 is 10.1 Å². The van der Waals surface area contributed by atoms with Crippen LogP contribution >= 0.6 is 0 Å². The molecular formula is C14H16N2O4. The number of nitrogens with zero attached hydrogens (tertiary/aromatic N) is 1. The van der Waals surface area contributed by atoms with Crippen LogP contribution in [0.3, 0.4) is 0 Å². The number of oxazole rings is 1. The van der Waals surface area contributed by atoms with E-state index in [4.69, 9.17) is 13.9 Å². The van der Waals surface area contributed by atoms with Gasteiger partial charge in [-0.3, -0.25) is 0 Å². The van der Waals surface area contributed by atoms with Gasteiger partial charge in [-0.1, -0.05) is 0 Å². The predicted octanol–water partition coefficient (Wildman–Crippen LogP) is 2.91. The standard InChI is InChI=1S/C14H16N2O4/c1-4-19-13(17)12-8-20-14(16-12)15-11-6-5-10(18-3)7-9(11)2/h5-8H,4H2,1-3H3,(H,15,16). The van der Waals surface area contributed by atoms with Crippen LogP contribution in [0.2, 0.25) is 0 Å². The van der Waals surface area contributed by atoms with Crippen molar-refractivity contribution in [2.75, 3.05) is 19.0 Å². The zero-order valence-corrected chi connectivity index (χ0v) is 11.6. The molecule has 0 unspecified atom stereocenters. The number of aryl methyl sites for hydroxylation is 1. The number of esters is 1. The van der Waals surface area contributed by atoms with Gasteiger partial charge in [-0.15, -0.1) is 0 Å². The maximum Gasteiger partial charge on any atom is 0.360 e. The lowest BCUT2D eigenvalue weighted by molar-refractivity contribution is 0.0519. The van der Waals surface area contributed by atoms with E-state index in [0.717, 1.165) is 17.0 Å². The Morgan fingerprint density at radius 1 is 1.45 bits per heavy atom. The molecule has 0 atom stereocenters. The summed E-state index contributed by atoms with van der Waals surface area (Å²) >= 11 is 0. The summed E-state index contributed by atoms with van der Waals surface area (Å²) in [6.45, 7) is 3.96. The second-order valence-corrected chi connectivity index (χ2v) is 4.06. The highest BCUT2D eigenvalue weighted by molar-refractivity contribution is 5.87. The van der Waals surface area contributed by atoms with Gasteiger partial charge in [0.15, 0.2) is 5.69 Å². The number of carbonyl (C=O) groups excluding carboxylic acids is 1. The third-order valence-corrected chi connectivity index (χ3v) is 2.66. The Bertz CT molecular complexity index is 607. The molecule has 0 amide bonds. The second-order valence-electron chi connectivity index (χ2n) is 4.06. The molecule has 2 rings (SSSR count). The van der Waals surface area contributed by atoms with E-state index in [0.29, 0.717) is 6.61 Å². The van der Waals surface area contributed by atoms with Crippen molar-refractivity contribution in [1.29, 1.82) is 0 Å². The van der Waals surface area contributed by atoms with Crippen molar-refractivity contribution in [1.82, 2.24) is 4.98 Å². The molecule has 0 bridgehead atoms. The Kier molecular flexibility index (Phi) is 4.24. The summed E-state index contributed by atoms with van der Waals surface area (Å²) in [7, 11) is 1.61. The zero-order chi connectivity index (χ0) is 14.5. The van der Waals surface area contributed by atoms with Gasteiger partial charge in [0, 0.05) is 5.69 Å². The fourth-order valence-electron chi connectivity index (χ4n) is 1.65. The highest BCUT2D eigenvalue weighted by atomic mass is 16.5. The van der Waals surface area contributed by atoms with Crippen LogP contribution in [0, 0.1) is 6.92 Å². The molecule has 1 N–H and O–H groups in total. The van der Waals surface area contributed by atoms with Crippen molar-refractivity contribution in [3.8, 4) is 5.75 Å². The molecule has 0 aliphatic heterocycles. The Balaban J connectivity index is 2.12. The lowest BCUT2D eigenvalue weighted by atomic mass is 10.2. The molecule has 0 aliphatic rings. The number of aromatic nitrogens is 1. The van der Waals surface area contributed by atoms with Gasteiger partial charge in [-0.05, 0) is 37.6 Å². The summed E-state index contributed by atoms with van der Waals surface area (Å²) in [6.07, 6.45) is 1.26. The minimum atomic E-state index is -0.504. The van der Waals surface area contributed by atoms with Crippen molar-refractivity contribution in [3.05, 3.63) is 35.7 Å². The molecule has 0 saturated carbocycles. The largest absolute Gasteiger partial charge is 0.497 e. The first-order chi connectivity index (χ1) is 9.63. The minimum absolute atomic E-state index is 0.139. The fraction of sp³-hybridized carbons (Fsp3) is 0.286. The summed E-state index contributed by atoms with van der Waals surface area (Å²) in [6, 6.07) is 5.80. The second kappa shape index (κ2) is 6.10. The van der Waals surface area contributed by atoms with Gasteiger partial charge in [0.1, 0.15) is 12.0 Å². The summed E-state index contributed by atoms with van der Waals surface area (Å²) < 4.78 is 15.2. The first kappa shape index (κ1) is 13.9. The van der Waals surface area contributed by atoms with Crippen LogP contribution in [0.5, 0.6) is 5.75 Å². The summed E-state index contributed by atoms with van der Waals surface area (Å²) in [4.78, 5) is 15.5. The Hall–Kier alpha value is -2.50. The number of rotatable bonds is 5. The molecule has 0 saturated heterocycles. The third-order valence-electron chi connectivity index (χ3n) is 2.66. The van der Waals surface area contributed by atoms with E-state index < -0.39 is 5.97 Å². The van der Waals surface area contributed by atoms with Crippen LogP contribution in [0.4, 0.5) is 11.7 Å². The van der Waals surface area contributed by atoms with E-state index in [2.05, 4.69) is 10.3 Å². The monoisotopic (exact) mass is 276 g/mol. The van der Waals surface area contributed by atoms with Gasteiger partial charge >= 0.3 is 5.97 Å². The SMILES string of the molecule is CCOC(=O)c1coc(Nc2ccc(OC)cc2C)n1. The first-order valence-electron chi connectivity index (χ1n) is 6.18. The maximum absolute atomic E-state index is 11.5. The van der Waals surface area contributed by atoms with E-state index >= 15 is 0 Å². The molecule has 0 aliphatic carbocycles. The normalized spacial score (nSPS) is 10.2. The van der Waals surface area contributed by atoms with Crippen LogP contribution in [0.1, 0.15) is 23.0 Å². The molecule has 1 aromatic carbocycles. The number of nitrogens with one attached hydrogen (secondary N) is 1. The number of ether oxygens (including phenoxy) is 2. The molecule has 1 aromatic heterocycles. The number of hydrogen-bond acceptors (Lipinski definition) is 6. The van der Waals surface area contributed by atoms with E-state index in [1.807, 2.05) is 25.1 Å². The topological polar surface area (TPSA) is 73.6 Å². The Labute approximate surface area is 116 Å². The van der Waals surface area contributed by atoms with Crippen LogP contribution in [-0.4, -0.2) is 24.7 Å². The average Bonchev–Trinajstić information content (AvgIpc) is 2.90. The molecule has 0 spiro atoms. The molecular weight excluding hydrogens is 260 g/mol. The summed E-state index contributed by atoms with van der Waals surface area (Å²) in [5, 5.41) is 3.00. The molecule has 0 radical (unpaired) electrons. The smallest absolute Gasteiger partial charge is 0.360 e. The van der Waals surface area contributed by atoms with Crippen molar-refractivity contribution in [3.63, 3.8) is 0 Å². The van der Waals surface area contributed by atoms with Gasteiger partial charge in [0.25, 0.3) is 6.01 Å². The highest BCUT2D eigenvalue weighted by Gasteiger charge is 2.13. The minimum Gasteiger partial charge on any atom is -0.497 e. The van der Waals surface area contributed by atoms with Crippen molar-refractivity contribution in [2.24, 2.45) is 0 Å². The maximum atomic E-state index is 11.5. The summed E-state index contributed by atoms with van der Waals surface area (Å²) in [5.41, 5.74) is 1.93. The molecule has 6 heteroatoms. The molecule has 106 valence electrons. The number of carbonyl (C=O) groups is 1. The average molecular weight is 276 g/mol. The van der Waals surface area contributed by atoms with Gasteiger partial charge in [0.05, 0.1) is 13.7 Å². The van der Waals surface area contributed by atoms with Crippen molar-refractivity contribution in [2.45, 2.75) is 13.8 Å². The van der Waals surface area contributed by atoms with Crippen molar-refractivity contribution >= 4 is 17.7 Å². The number of methoxy groups -OCH3 is 1. The lowest BCUT2D eigenvalue weighted by Gasteiger charge is -2.07. The third kappa shape index (κ3) is 3.09. The van der Waals surface area contributed by atoms with Crippen LogP contribution in [-0.2, 0) is 4.74 Å². The molecule has 20 heavy (non-hydrogen) atoms. The summed E-state index contributed by atoms with van der Waals surface area (Å²) in [5.74, 6) is 0.267. The van der Waals surface area contributed by atoms with Gasteiger partial charge < -0.3 is 19.2 Å². The zero-order valence-electron chi connectivity index (χ0n) is 11.6. The number of benzene rings is 1. The lowest BCUT2D eigenvalue weighted by Crippen LogP contribution is -2.05. The highest BCUT2D eigenvalue weighted by Crippen LogP contribution is 2.24. The van der Waals surface area contributed by atoms with Gasteiger partial charge in [-0.2, -0.15) is 4.98 Å². The van der Waals surface area contributed by atoms with Gasteiger partial charge in [-0.25, -0.2) is 4.79 Å². The van der Waals surface area contributed by atoms with E-state index in [1.54, 1.807) is 14.0 Å². The van der Waals surface area contributed by atoms with Crippen LogP contribution in [0.25, 0.3) is 0 Å². The fourth-order valence-corrected chi connectivity index (χ4v) is 1.65. The van der Waals surface area contributed by atoms with Gasteiger partial charge in [0.2, 0.25) is 0 Å². The predicted molar refractivity (Wildman–Crippen MR) is 73.5 cm³/mol.